The highest BCUT2D eigenvalue weighted by atomic mass is 35.5. The van der Waals surface area contributed by atoms with Crippen molar-refractivity contribution in [3.63, 3.8) is 0 Å². The Morgan fingerprint density at radius 3 is 2.41 bits per heavy atom. The van der Waals surface area contributed by atoms with Crippen molar-refractivity contribution < 1.29 is 4.79 Å². The molecule has 0 fully saturated rings. The molecule has 3 heteroatoms. The molecule has 0 radical (unpaired) electrons. The van der Waals surface area contributed by atoms with E-state index in [0.29, 0.717) is 18.2 Å². The quantitative estimate of drug-likeness (QED) is 0.731. The third kappa shape index (κ3) is 3.74. The van der Waals surface area contributed by atoms with Gasteiger partial charge in [-0.3, -0.25) is 4.79 Å². The van der Waals surface area contributed by atoms with Crippen LogP contribution in [0.5, 0.6) is 0 Å². The Labute approximate surface area is 109 Å². The van der Waals surface area contributed by atoms with E-state index in [9.17, 15) is 4.79 Å². The van der Waals surface area contributed by atoms with Crippen molar-refractivity contribution in [3.8, 4) is 0 Å². The van der Waals surface area contributed by atoms with Crippen LogP contribution in [0.3, 0.4) is 0 Å². The number of alkyl halides is 1. The summed E-state index contributed by atoms with van der Waals surface area (Å²) >= 11 is 5.57. The molecule has 0 bridgehead atoms. The standard InChI is InChI=1S/C14H20ClNO/c1-4-11(2)12-5-7-13(8-6-12)16(3)14(17)9-10-15/h5-8,11H,4,9-10H2,1-3H3. The number of anilines is 1. The minimum atomic E-state index is 0.0521. The van der Waals surface area contributed by atoms with E-state index in [0.717, 1.165) is 12.1 Å². The van der Waals surface area contributed by atoms with Crippen molar-refractivity contribution in [3.05, 3.63) is 29.8 Å². The molecule has 1 amide bonds. The molecule has 0 spiro atoms. The van der Waals surface area contributed by atoms with Gasteiger partial charge in [-0.1, -0.05) is 26.0 Å². The number of rotatable bonds is 5. The van der Waals surface area contributed by atoms with Crippen molar-refractivity contribution in [1.82, 2.24) is 0 Å². The first-order valence-electron chi connectivity index (χ1n) is 6.02. The number of halogens is 1. The molecule has 0 saturated heterocycles. The van der Waals surface area contributed by atoms with Gasteiger partial charge in [-0.25, -0.2) is 0 Å². The molecule has 0 saturated carbocycles. The molecule has 2 nitrogen and oxygen atoms in total. The maximum atomic E-state index is 11.7. The average molecular weight is 254 g/mol. The van der Waals surface area contributed by atoms with Gasteiger partial charge in [0.25, 0.3) is 0 Å². The first-order valence-corrected chi connectivity index (χ1v) is 6.56. The summed E-state index contributed by atoms with van der Waals surface area (Å²) in [7, 11) is 1.78. The van der Waals surface area contributed by atoms with Gasteiger partial charge in [0.2, 0.25) is 5.91 Å². The highest BCUT2D eigenvalue weighted by Crippen LogP contribution is 2.22. The zero-order valence-corrected chi connectivity index (χ0v) is 11.5. The highest BCUT2D eigenvalue weighted by molar-refractivity contribution is 6.19. The van der Waals surface area contributed by atoms with E-state index < -0.39 is 0 Å². The molecular weight excluding hydrogens is 234 g/mol. The van der Waals surface area contributed by atoms with Gasteiger partial charge >= 0.3 is 0 Å². The van der Waals surface area contributed by atoms with E-state index in [-0.39, 0.29) is 5.91 Å². The number of amides is 1. The molecule has 1 rings (SSSR count). The van der Waals surface area contributed by atoms with Crippen LogP contribution in [0, 0.1) is 0 Å². The van der Waals surface area contributed by atoms with Gasteiger partial charge in [0.05, 0.1) is 0 Å². The maximum Gasteiger partial charge on any atom is 0.227 e. The van der Waals surface area contributed by atoms with Crippen LogP contribution in [0.25, 0.3) is 0 Å². The SMILES string of the molecule is CCC(C)c1ccc(N(C)C(=O)CCCl)cc1. The van der Waals surface area contributed by atoms with E-state index >= 15 is 0 Å². The van der Waals surface area contributed by atoms with Crippen LogP contribution in [-0.4, -0.2) is 18.8 Å². The average Bonchev–Trinajstić information content (AvgIpc) is 2.37. The van der Waals surface area contributed by atoms with Gasteiger partial charge in [-0.05, 0) is 30.0 Å². The number of benzene rings is 1. The lowest BCUT2D eigenvalue weighted by molar-refractivity contribution is -0.117. The fourth-order valence-electron chi connectivity index (χ4n) is 1.65. The van der Waals surface area contributed by atoms with E-state index in [4.69, 9.17) is 11.6 Å². The van der Waals surface area contributed by atoms with Gasteiger partial charge in [0, 0.05) is 25.0 Å². The number of carbonyl (C=O) groups excluding carboxylic acids is 1. The normalized spacial score (nSPS) is 12.2. The second kappa shape index (κ2) is 6.65. The Kier molecular flexibility index (Phi) is 5.49. The molecular formula is C14H20ClNO. The topological polar surface area (TPSA) is 20.3 Å². The van der Waals surface area contributed by atoms with E-state index in [1.807, 2.05) is 12.1 Å². The summed E-state index contributed by atoms with van der Waals surface area (Å²) in [5.41, 5.74) is 2.24. The number of carbonyl (C=O) groups is 1. The lowest BCUT2D eigenvalue weighted by Gasteiger charge is -2.18. The van der Waals surface area contributed by atoms with Crippen LogP contribution in [-0.2, 0) is 4.79 Å². The molecule has 17 heavy (non-hydrogen) atoms. The third-order valence-electron chi connectivity index (χ3n) is 3.14. The summed E-state index contributed by atoms with van der Waals surface area (Å²) in [6, 6.07) is 8.17. The zero-order valence-electron chi connectivity index (χ0n) is 10.7. The zero-order chi connectivity index (χ0) is 12.8. The highest BCUT2D eigenvalue weighted by Gasteiger charge is 2.10. The van der Waals surface area contributed by atoms with Crippen LogP contribution in [0.2, 0.25) is 0 Å². The summed E-state index contributed by atoms with van der Waals surface area (Å²) in [5, 5.41) is 0. The van der Waals surface area contributed by atoms with E-state index in [2.05, 4.69) is 26.0 Å². The predicted molar refractivity (Wildman–Crippen MR) is 73.9 cm³/mol. The lowest BCUT2D eigenvalue weighted by Crippen LogP contribution is -2.26. The predicted octanol–water partition coefficient (Wildman–Crippen LogP) is 3.79. The van der Waals surface area contributed by atoms with Crippen molar-refractivity contribution in [2.75, 3.05) is 17.8 Å². The monoisotopic (exact) mass is 253 g/mol. The summed E-state index contributed by atoms with van der Waals surface area (Å²) in [4.78, 5) is 13.3. The maximum absolute atomic E-state index is 11.7. The van der Waals surface area contributed by atoms with Crippen LogP contribution in [0.1, 0.15) is 38.2 Å². The molecule has 0 aromatic heterocycles. The number of nitrogens with zero attached hydrogens (tertiary/aromatic N) is 1. The summed E-state index contributed by atoms with van der Waals surface area (Å²) in [6.45, 7) is 4.38. The van der Waals surface area contributed by atoms with E-state index in [1.165, 1.54) is 5.56 Å². The Morgan fingerprint density at radius 1 is 1.35 bits per heavy atom. The van der Waals surface area contributed by atoms with Crippen LogP contribution in [0.4, 0.5) is 5.69 Å². The molecule has 0 aliphatic rings. The Balaban J connectivity index is 2.76. The van der Waals surface area contributed by atoms with Crippen LogP contribution in [0.15, 0.2) is 24.3 Å². The van der Waals surface area contributed by atoms with Crippen LogP contribution < -0.4 is 4.90 Å². The Bertz CT molecular complexity index is 361. The Hall–Kier alpha value is -1.02. The summed E-state index contributed by atoms with van der Waals surface area (Å²) in [6.07, 6.45) is 1.51. The first-order chi connectivity index (χ1) is 8.10. The third-order valence-corrected chi connectivity index (χ3v) is 3.33. The van der Waals surface area contributed by atoms with Crippen molar-refractivity contribution in [2.45, 2.75) is 32.6 Å². The van der Waals surface area contributed by atoms with Gasteiger partial charge in [0.1, 0.15) is 0 Å². The minimum Gasteiger partial charge on any atom is -0.315 e. The summed E-state index contributed by atoms with van der Waals surface area (Å²) < 4.78 is 0. The molecule has 1 atom stereocenters. The van der Waals surface area contributed by atoms with Gasteiger partial charge in [0.15, 0.2) is 0 Å². The van der Waals surface area contributed by atoms with Gasteiger partial charge in [-0.2, -0.15) is 0 Å². The fourth-order valence-corrected chi connectivity index (χ4v) is 1.82. The molecule has 1 aromatic carbocycles. The molecule has 1 unspecified atom stereocenters. The molecule has 94 valence electrons. The van der Waals surface area contributed by atoms with Gasteiger partial charge < -0.3 is 4.90 Å². The number of hydrogen-bond donors (Lipinski definition) is 0. The number of hydrogen-bond acceptors (Lipinski definition) is 1. The second-order valence-corrected chi connectivity index (χ2v) is 4.67. The first kappa shape index (κ1) is 14.0. The molecule has 0 N–H and O–H groups in total. The lowest BCUT2D eigenvalue weighted by atomic mass is 9.98. The molecule has 1 aromatic rings. The molecule has 0 aliphatic heterocycles. The Morgan fingerprint density at radius 2 is 1.94 bits per heavy atom. The van der Waals surface area contributed by atoms with Crippen molar-refractivity contribution >= 4 is 23.2 Å². The second-order valence-electron chi connectivity index (χ2n) is 4.29. The van der Waals surface area contributed by atoms with Crippen molar-refractivity contribution in [1.29, 1.82) is 0 Å². The van der Waals surface area contributed by atoms with Crippen LogP contribution >= 0.6 is 11.6 Å². The van der Waals surface area contributed by atoms with E-state index in [1.54, 1.807) is 11.9 Å². The summed E-state index contributed by atoms with van der Waals surface area (Å²) in [5.74, 6) is 0.984. The van der Waals surface area contributed by atoms with Gasteiger partial charge in [-0.15, -0.1) is 11.6 Å². The minimum absolute atomic E-state index is 0.0521. The molecule has 0 aliphatic carbocycles. The largest absolute Gasteiger partial charge is 0.315 e. The molecule has 0 heterocycles. The fraction of sp³-hybridized carbons (Fsp3) is 0.500. The smallest absolute Gasteiger partial charge is 0.227 e. The van der Waals surface area contributed by atoms with Crippen molar-refractivity contribution in [2.24, 2.45) is 0 Å².